The Hall–Kier alpha value is -3.41. The Kier molecular flexibility index (Phi) is 15.7. The first-order chi connectivity index (χ1) is 24.9. The summed E-state index contributed by atoms with van der Waals surface area (Å²) in [5.41, 5.74) is 3.86. The molecule has 0 amide bonds. The topological polar surface area (TPSA) is 89.5 Å². The van der Waals surface area contributed by atoms with Gasteiger partial charge in [-0.25, -0.2) is 0 Å². The second-order valence-corrected chi connectivity index (χ2v) is 14.6. The number of hydrogen-bond donors (Lipinski definition) is 0. The van der Waals surface area contributed by atoms with E-state index in [0.29, 0.717) is 13.2 Å². The third-order valence-corrected chi connectivity index (χ3v) is 10.2. The first kappa shape index (κ1) is 38.8. The van der Waals surface area contributed by atoms with Crippen LogP contribution < -0.4 is 0 Å². The summed E-state index contributed by atoms with van der Waals surface area (Å²) in [5, 5.41) is 0. The van der Waals surface area contributed by atoms with Gasteiger partial charge in [0.25, 0.3) is 10.1 Å². The van der Waals surface area contributed by atoms with Crippen LogP contribution in [0.25, 0.3) is 0 Å². The molecule has 0 radical (unpaired) electrons. The normalized spacial score (nSPS) is 19.6. The largest absolute Gasteiger partial charge is 0.368 e. The zero-order valence-electron chi connectivity index (χ0n) is 29.8. The Bertz CT molecular complexity index is 1640. The molecule has 0 saturated carbocycles. The van der Waals surface area contributed by atoms with Gasteiger partial charge in [-0.2, -0.15) is 8.42 Å². The predicted octanol–water partition coefficient (Wildman–Crippen LogP) is 8.56. The molecule has 0 spiro atoms. The van der Waals surface area contributed by atoms with Crippen molar-refractivity contribution in [3.05, 3.63) is 138 Å². The van der Waals surface area contributed by atoms with Crippen molar-refractivity contribution in [2.24, 2.45) is 0 Å². The average Bonchev–Trinajstić information content (AvgIpc) is 3.50. The van der Waals surface area contributed by atoms with E-state index in [1.807, 2.05) is 97.9 Å². The number of aryl methyl sites for hydroxylation is 1. The fraction of sp³-hybridized carbons (Fsp3) is 0.429. The lowest BCUT2D eigenvalue weighted by Gasteiger charge is -2.29. The zero-order chi connectivity index (χ0) is 35.7. The summed E-state index contributed by atoms with van der Waals surface area (Å²) < 4.78 is 65.3. The summed E-state index contributed by atoms with van der Waals surface area (Å²) >= 11 is 0. The number of ether oxygens (including phenoxy) is 5. The van der Waals surface area contributed by atoms with Crippen LogP contribution in [0.4, 0.5) is 0 Å². The Morgan fingerprint density at radius 3 is 1.75 bits per heavy atom. The van der Waals surface area contributed by atoms with Crippen LogP contribution in [0.5, 0.6) is 0 Å². The van der Waals surface area contributed by atoms with E-state index < -0.39 is 40.8 Å². The van der Waals surface area contributed by atoms with Crippen molar-refractivity contribution < 1.29 is 36.3 Å². The van der Waals surface area contributed by atoms with Crippen LogP contribution in [0.15, 0.2) is 120 Å². The quantitative estimate of drug-likeness (QED) is 0.0591. The lowest BCUT2D eigenvalue weighted by Crippen LogP contribution is -2.45. The minimum atomic E-state index is -4.10. The van der Waals surface area contributed by atoms with Crippen molar-refractivity contribution >= 4 is 10.1 Å². The molecule has 1 saturated heterocycles. The van der Waals surface area contributed by atoms with E-state index in [9.17, 15) is 8.42 Å². The summed E-state index contributed by atoms with van der Waals surface area (Å²) in [6, 6.07) is 36.1. The predicted molar refractivity (Wildman–Crippen MR) is 197 cm³/mol. The first-order valence-electron chi connectivity index (χ1n) is 18.1. The van der Waals surface area contributed by atoms with E-state index in [-0.39, 0.29) is 24.7 Å². The molecule has 8 nitrogen and oxygen atoms in total. The molecule has 1 aliphatic rings. The number of benzene rings is 4. The van der Waals surface area contributed by atoms with Gasteiger partial charge < -0.3 is 23.7 Å². The highest BCUT2D eigenvalue weighted by atomic mass is 32.2. The lowest BCUT2D eigenvalue weighted by molar-refractivity contribution is -0.195. The number of rotatable bonds is 22. The van der Waals surface area contributed by atoms with Gasteiger partial charge in [0.15, 0.2) is 6.29 Å². The van der Waals surface area contributed by atoms with Crippen molar-refractivity contribution in [3.8, 4) is 0 Å². The first-order valence-corrected chi connectivity index (χ1v) is 19.5. The molecule has 5 rings (SSSR count). The molecule has 0 bridgehead atoms. The fourth-order valence-corrected chi connectivity index (χ4v) is 6.93. The van der Waals surface area contributed by atoms with Crippen molar-refractivity contribution in [2.75, 3.05) is 13.2 Å². The SMILES string of the molecule is CCCCCCCCO[C@@H]1O[C@@H]([C@@H](COS(=O)(=O)c2ccc(C)cc2)OCc2ccccc2)[C@H](OCc2ccccc2)[C@H]1OCc1ccccc1. The van der Waals surface area contributed by atoms with Crippen molar-refractivity contribution in [1.82, 2.24) is 0 Å². The highest BCUT2D eigenvalue weighted by molar-refractivity contribution is 7.86. The van der Waals surface area contributed by atoms with Crippen LogP contribution >= 0.6 is 0 Å². The number of hydrogen-bond acceptors (Lipinski definition) is 8. The molecule has 1 fully saturated rings. The van der Waals surface area contributed by atoms with E-state index in [0.717, 1.165) is 41.5 Å². The van der Waals surface area contributed by atoms with Crippen LogP contribution in [0, 0.1) is 6.92 Å². The van der Waals surface area contributed by atoms with Gasteiger partial charge in [-0.3, -0.25) is 4.18 Å². The molecule has 0 aromatic heterocycles. The fourth-order valence-electron chi connectivity index (χ4n) is 6.01. The van der Waals surface area contributed by atoms with E-state index in [2.05, 4.69) is 6.92 Å². The van der Waals surface area contributed by atoms with Gasteiger partial charge in [-0.05, 0) is 42.2 Å². The maximum absolute atomic E-state index is 13.4. The van der Waals surface area contributed by atoms with Crippen molar-refractivity contribution in [2.45, 2.75) is 108 Å². The molecule has 1 heterocycles. The molecule has 0 unspecified atom stereocenters. The average molecular weight is 717 g/mol. The van der Waals surface area contributed by atoms with Gasteiger partial charge in [0.2, 0.25) is 0 Å². The van der Waals surface area contributed by atoms with E-state index >= 15 is 0 Å². The molecule has 0 N–H and O–H groups in total. The maximum atomic E-state index is 13.4. The second kappa shape index (κ2) is 20.6. The molecule has 51 heavy (non-hydrogen) atoms. The standard InChI is InChI=1S/C42H52O8S/c1-3-4-5-6-7-17-28-45-42-41(48-31-36-22-15-10-16-23-36)40(47-30-35-20-13-9-14-21-35)39(50-42)38(46-29-34-18-11-8-12-19-34)32-49-51(43,44)37-26-24-33(2)25-27-37/h8-16,18-27,38-42H,3-7,17,28-32H2,1-2H3/t38-,39+,40+,41-,42-/m1/s1. The van der Waals surface area contributed by atoms with Gasteiger partial charge >= 0.3 is 0 Å². The third-order valence-electron chi connectivity index (χ3n) is 8.93. The lowest BCUT2D eigenvalue weighted by atomic mass is 10.0. The summed E-state index contributed by atoms with van der Waals surface area (Å²) in [7, 11) is -4.10. The van der Waals surface area contributed by atoms with Crippen LogP contribution in [-0.4, -0.2) is 52.3 Å². The second-order valence-electron chi connectivity index (χ2n) is 13.0. The van der Waals surface area contributed by atoms with Crippen molar-refractivity contribution in [1.29, 1.82) is 0 Å². The molecule has 0 aliphatic carbocycles. The maximum Gasteiger partial charge on any atom is 0.297 e. The Labute approximate surface area is 304 Å². The molecule has 4 aromatic carbocycles. The third kappa shape index (κ3) is 12.4. The summed E-state index contributed by atoms with van der Waals surface area (Å²) in [6.45, 7) is 5.12. The minimum absolute atomic E-state index is 0.0725. The molecular formula is C42H52O8S. The summed E-state index contributed by atoms with van der Waals surface area (Å²) in [5.74, 6) is 0. The zero-order valence-corrected chi connectivity index (χ0v) is 30.6. The summed E-state index contributed by atoms with van der Waals surface area (Å²) in [4.78, 5) is 0.0725. The monoisotopic (exact) mass is 716 g/mol. The van der Waals surface area contributed by atoms with Gasteiger partial charge in [0, 0.05) is 6.61 Å². The van der Waals surface area contributed by atoms with Gasteiger partial charge in [0.1, 0.15) is 24.4 Å². The smallest absolute Gasteiger partial charge is 0.297 e. The molecular weight excluding hydrogens is 665 g/mol. The molecule has 274 valence electrons. The number of unbranched alkanes of at least 4 members (excludes halogenated alkanes) is 5. The van der Waals surface area contributed by atoms with Crippen molar-refractivity contribution in [3.63, 3.8) is 0 Å². The van der Waals surface area contributed by atoms with Crippen LogP contribution in [0.2, 0.25) is 0 Å². The minimum Gasteiger partial charge on any atom is -0.368 e. The Balaban J connectivity index is 1.41. The highest BCUT2D eigenvalue weighted by Gasteiger charge is 2.51. The van der Waals surface area contributed by atoms with Gasteiger partial charge in [0.05, 0.1) is 31.3 Å². The molecule has 4 aromatic rings. The summed E-state index contributed by atoms with van der Waals surface area (Å²) in [6.07, 6.45) is 3.05. The molecule has 5 atom stereocenters. The Morgan fingerprint density at radius 1 is 0.627 bits per heavy atom. The highest BCUT2D eigenvalue weighted by Crippen LogP contribution is 2.33. The van der Waals surface area contributed by atoms with Gasteiger partial charge in [-0.15, -0.1) is 0 Å². The molecule has 1 aliphatic heterocycles. The van der Waals surface area contributed by atoms with Gasteiger partial charge in [-0.1, -0.05) is 148 Å². The van der Waals surface area contributed by atoms with E-state index in [1.54, 1.807) is 24.3 Å². The van der Waals surface area contributed by atoms with Crippen LogP contribution in [0.3, 0.4) is 0 Å². The van der Waals surface area contributed by atoms with E-state index in [4.69, 9.17) is 27.9 Å². The molecule has 9 heteroatoms. The van der Waals surface area contributed by atoms with E-state index in [1.165, 1.54) is 19.3 Å². The van der Waals surface area contributed by atoms with Crippen LogP contribution in [0.1, 0.15) is 67.7 Å². The van der Waals surface area contributed by atoms with Crippen LogP contribution in [-0.2, 0) is 57.8 Å². The Morgan fingerprint density at radius 2 is 1.16 bits per heavy atom.